The van der Waals surface area contributed by atoms with E-state index in [1.54, 1.807) is 6.26 Å². The smallest absolute Gasteiger partial charge is 0.117 e. The molecule has 3 saturated heterocycles. The second kappa shape index (κ2) is 4.86. The number of hydrogen-bond donors (Lipinski definition) is 1. The first-order valence-electron chi connectivity index (χ1n) is 8.03. The summed E-state index contributed by atoms with van der Waals surface area (Å²) in [5.74, 6) is 1.86. The van der Waals surface area contributed by atoms with Gasteiger partial charge in [-0.1, -0.05) is 0 Å². The Labute approximate surface area is 120 Å². The summed E-state index contributed by atoms with van der Waals surface area (Å²) in [4.78, 5) is 5.31. The molecule has 0 spiro atoms. The Morgan fingerprint density at radius 2 is 2.10 bits per heavy atom. The maximum absolute atomic E-state index is 6.32. The molecule has 5 rings (SSSR count). The first-order chi connectivity index (χ1) is 9.82. The Hall–Kier alpha value is -0.840. The molecule has 4 heterocycles. The molecule has 1 aliphatic carbocycles. The molecule has 1 saturated carbocycles. The molecule has 20 heavy (non-hydrogen) atoms. The largest absolute Gasteiger partial charge is 0.468 e. The Bertz CT molecular complexity index is 448. The van der Waals surface area contributed by atoms with Crippen LogP contribution in [0.15, 0.2) is 22.8 Å². The van der Waals surface area contributed by atoms with Gasteiger partial charge in [0.1, 0.15) is 5.76 Å². The molecule has 110 valence electrons. The van der Waals surface area contributed by atoms with Gasteiger partial charge in [-0.2, -0.15) is 0 Å². The number of furan rings is 1. The SMILES string of the molecule is NCC1(N(Cc2ccco2)C2CC2)CN2CCC1CC2. The lowest BCUT2D eigenvalue weighted by atomic mass is 9.71. The van der Waals surface area contributed by atoms with Crippen molar-refractivity contribution in [2.24, 2.45) is 11.7 Å². The van der Waals surface area contributed by atoms with E-state index in [-0.39, 0.29) is 5.54 Å². The molecular weight excluding hydrogens is 250 g/mol. The third kappa shape index (κ3) is 2.01. The van der Waals surface area contributed by atoms with E-state index in [0.29, 0.717) is 0 Å². The van der Waals surface area contributed by atoms with Crippen LogP contribution >= 0.6 is 0 Å². The number of rotatable bonds is 5. The fourth-order valence-electron chi connectivity index (χ4n) is 4.43. The summed E-state index contributed by atoms with van der Waals surface area (Å²) in [6.07, 6.45) is 7.08. The lowest BCUT2D eigenvalue weighted by molar-refractivity contribution is -0.0777. The molecule has 4 fully saturated rings. The number of fused-ring (bicyclic) bond motifs is 3. The Morgan fingerprint density at radius 3 is 2.60 bits per heavy atom. The molecule has 2 bridgehead atoms. The summed E-state index contributed by atoms with van der Waals surface area (Å²) < 4.78 is 5.61. The number of hydrogen-bond acceptors (Lipinski definition) is 4. The van der Waals surface area contributed by atoms with Gasteiger partial charge in [0.15, 0.2) is 0 Å². The molecule has 2 N–H and O–H groups in total. The van der Waals surface area contributed by atoms with Crippen molar-refractivity contribution >= 4 is 0 Å². The maximum Gasteiger partial charge on any atom is 0.117 e. The summed E-state index contributed by atoms with van der Waals surface area (Å²) in [7, 11) is 0. The van der Waals surface area contributed by atoms with Gasteiger partial charge >= 0.3 is 0 Å². The third-order valence-electron chi connectivity index (χ3n) is 5.66. The summed E-state index contributed by atoms with van der Waals surface area (Å²) >= 11 is 0. The second-order valence-electron chi connectivity index (χ2n) is 6.80. The molecule has 1 aromatic rings. The quantitative estimate of drug-likeness (QED) is 0.888. The molecule has 1 aromatic heterocycles. The molecule has 3 aliphatic heterocycles. The van der Waals surface area contributed by atoms with Crippen molar-refractivity contribution in [2.75, 3.05) is 26.2 Å². The number of nitrogens with two attached hydrogens (primary N) is 1. The van der Waals surface area contributed by atoms with Crippen molar-refractivity contribution in [2.45, 2.75) is 43.8 Å². The van der Waals surface area contributed by atoms with Crippen molar-refractivity contribution in [1.29, 1.82) is 0 Å². The minimum Gasteiger partial charge on any atom is -0.468 e. The van der Waals surface area contributed by atoms with Gasteiger partial charge in [0.05, 0.1) is 12.8 Å². The van der Waals surface area contributed by atoms with Crippen LogP contribution in [-0.4, -0.2) is 47.6 Å². The molecule has 0 aromatic carbocycles. The highest BCUT2D eigenvalue weighted by Gasteiger charge is 2.53. The lowest BCUT2D eigenvalue weighted by Crippen LogP contribution is -2.70. The standard InChI is InChI=1S/C16H25N3O/c17-11-16(12-18-7-5-13(16)6-8-18)19(14-3-4-14)10-15-2-1-9-20-15/h1-2,9,13-14H,3-8,10-12,17H2. The summed E-state index contributed by atoms with van der Waals surface area (Å²) in [5, 5.41) is 0. The van der Waals surface area contributed by atoms with Gasteiger partial charge in [0, 0.05) is 24.7 Å². The van der Waals surface area contributed by atoms with Crippen LogP contribution in [-0.2, 0) is 6.54 Å². The predicted molar refractivity (Wildman–Crippen MR) is 78.2 cm³/mol. The minimum absolute atomic E-state index is 0.185. The minimum atomic E-state index is 0.185. The Morgan fingerprint density at radius 1 is 1.30 bits per heavy atom. The molecule has 4 nitrogen and oxygen atoms in total. The summed E-state index contributed by atoms with van der Waals surface area (Å²) in [6, 6.07) is 4.82. The first kappa shape index (κ1) is 12.9. The zero-order valence-corrected chi connectivity index (χ0v) is 12.1. The Balaban J connectivity index is 1.63. The van der Waals surface area contributed by atoms with Crippen LogP contribution < -0.4 is 5.73 Å². The van der Waals surface area contributed by atoms with Gasteiger partial charge in [-0.3, -0.25) is 4.90 Å². The van der Waals surface area contributed by atoms with Gasteiger partial charge in [-0.05, 0) is 56.8 Å². The normalized spacial score (nSPS) is 36.7. The van der Waals surface area contributed by atoms with Crippen LogP contribution in [0.2, 0.25) is 0 Å². The molecule has 4 heteroatoms. The van der Waals surface area contributed by atoms with E-state index in [2.05, 4.69) is 15.9 Å². The van der Waals surface area contributed by atoms with Crippen molar-refractivity contribution < 1.29 is 4.42 Å². The van der Waals surface area contributed by atoms with Crippen LogP contribution in [0.4, 0.5) is 0 Å². The monoisotopic (exact) mass is 275 g/mol. The highest BCUT2D eigenvalue weighted by atomic mass is 16.3. The van der Waals surface area contributed by atoms with Crippen molar-refractivity contribution in [3.63, 3.8) is 0 Å². The summed E-state index contributed by atoms with van der Waals surface area (Å²) in [5.41, 5.74) is 6.51. The van der Waals surface area contributed by atoms with Crippen molar-refractivity contribution in [1.82, 2.24) is 9.80 Å². The first-order valence-corrected chi connectivity index (χ1v) is 8.03. The van der Waals surface area contributed by atoms with Gasteiger partial charge in [0.25, 0.3) is 0 Å². The lowest BCUT2D eigenvalue weighted by Gasteiger charge is -2.58. The van der Waals surface area contributed by atoms with E-state index in [9.17, 15) is 0 Å². The molecular formula is C16H25N3O. The maximum atomic E-state index is 6.32. The van der Waals surface area contributed by atoms with E-state index >= 15 is 0 Å². The van der Waals surface area contributed by atoms with Crippen LogP contribution in [0.25, 0.3) is 0 Å². The van der Waals surface area contributed by atoms with E-state index in [0.717, 1.165) is 37.4 Å². The van der Waals surface area contributed by atoms with Crippen molar-refractivity contribution in [3.8, 4) is 0 Å². The zero-order chi connectivity index (χ0) is 13.6. The zero-order valence-electron chi connectivity index (χ0n) is 12.1. The van der Waals surface area contributed by atoms with Gasteiger partial charge in [0.2, 0.25) is 0 Å². The molecule has 0 amide bonds. The van der Waals surface area contributed by atoms with Crippen LogP contribution in [0.1, 0.15) is 31.4 Å². The Kier molecular flexibility index (Phi) is 3.13. The van der Waals surface area contributed by atoms with Gasteiger partial charge in [-0.25, -0.2) is 0 Å². The van der Waals surface area contributed by atoms with Gasteiger partial charge in [-0.15, -0.1) is 0 Å². The predicted octanol–water partition coefficient (Wildman–Crippen LogP) is 1.67. The molecule has 0 radical (unpaired) electrons. The average Bonchev–Trinajstić information content (AvgIpc) is 3.22. The molecule has 4 aliphatic rings. The highest BCUT2D eigenvalue weighted by Crippen LogP contribution is 2.44. The molecule has 1 atom stereocenters. The highest BCUT2D eigenvalue weighted by molar-refractivity contribution is 5.11. The second-order valence-corrected chi connectivity index (χ2v) is 6.80. The third-order valence-corrected chi connectivity index (χ3v) is 5.66. The van der Waals surface area contributed by atoms with E-state index < -0.39 is 0 Å². The summed E-state index contributed by atoms with van der Waals surface area (Å²) in [6.45, 7) is 5.41. The van der Waals surface area contributed by atoms with E-state index in [1.165, 1.54) is 38.8 Å². The number of piperidine rings is 3. The van der Waals surface area contributed by atoms with E-state index in [4.69, 9.17) is 10.2 Å². The fourth-order valence-corrected chi connectivity index (χ4v) is 4.43. The number of nitrogens with zero attached hydrogens (tertiary/aromatic N) is 2. The van der Waals surface area contributed by atoms with Gasteiger partial charge < -0.3 is 15.1 Å². The topological polar surface area (TPSA) is 45.6 Å². The van der Waals surface area contributed by atoms with Crippen LogP contribution in [0.3, 0.4) is 0 Å². The van der Waals surface area contributed by atoms with Crippen molar-refractivity contribution in [3.05, 3.63) is 24.2 Å². The van der Waals surface area contributed by atoms with Crippen LogP contribution in [0, 0.1) is 5.92 Å². The average molecular weight is 275 g/mol. The fraction of sp³-hybridized carbons (Fsp3) is 0.750. The van der Waals surface area contributed by atoms with E-state index in [1.807, 2.05) is 6.07 Å². The molecule has 1 unspecified atom stereocenters. The van der Waals surface area contributed by atoms with Crippen LogP contribution in [0.5, 0.6) is 0 Å².